The average Bonchev–Trinajstić information content (AvgIpc) is 2.32. The Hall–Kier alpha value is -1.43. The van der Waals surface area contributed by atoms with Crippen LogP contribution in [-0.2, 0) is 0 Å². The molecule has 17 heavy (non-hydrogen) atoms. The Morgan fingerprint density at radius 2 is 1.76 bits per heavy atom. The minimum absolute atomic E-state index is 0.00514. The predicted octanol–water partition coefficient (Wildman–Crippen LogP) is 2.64. The van der Waals surface area contributed by atoms with Gasteiger partial charge in [0.2, 0.25) is 0 Å². The Labute approximate surface area is 99.6 Å². The standard InChI is InChI=1S/C11H18F2N4/c1-4-11(3,5-2)16-9-7(12)6-8(13)10(15-9)17-14/h6H,4-5,14H2,1-3H3,(H2,15,16,17). The molecule has 1 aromatic rings. The normalized spacial score (nSPS) is 11.4. The fourth-order valence-electron chi connectivity index (χ4n) is 1.37. The van der Waals surface area contributed by atoms with Crippen molar-refractivity contribution < 1.29 is 8.78 Å². The van der Waals surface area contributed by atoms with E-state index in [1.54, 1.807) is 0 Å². The van der Waals surface area contributed by atoms with Crippen LogP contribution in [0.15, 0.2) is 6.07 Å². The van der Waals surface area contributed by atoms with Crippen molar-refractivity contribution in [1.29, 1.82) is 0 Å². The molecule has 1 aromatic heterocycles. The van der Waals surface area contributed by atoms with E-state index in [2.05, 4.69) is 15.7 Å². The lowest BCUT2D eigenvalue weighted by Crippen LogP contribution is -2.34. The molecule has 0 fully saturated rings. The van der Waals surface area contributed by atoms with Crippen molar-refractivity contribution in [3.63, 3.8) is 0 Å². The Bertz CT molecular complexity index is 391. The van der Waals surface area contributed by atoms with Gasteiger partial charge >= 0.3 is 0 Å². The van der Waals surface area contributed by atoms with Crippen molar-refractivity contribution in [2.24, 2.45) is 5.84 Å². The molecule has 6 heteroatoms. The zero-order valence-corrected chi connectivity index (χ0v) is 10.3. The summed E-state index contributed by atoms with van der Waals surface area (Å²) >= 11 is 0. The number of anilines is 2. The van der Waals surface area contributed by atoms with Gasteiger partial charge < -0.3 is 10.7 Å². The number of pyridine rings is 1. The highest BCUT2D eigenvalue weighted by atomic mass is 19.1. The summed E-state index contributed by atoms with van der Waals surface area (Å²) in [6, 6.07) is 0.760. The second kappa shape index (κ2) is 5.27. The van der Waals surface area contributed by atoms with E-state index in [0.717, 1.165) is 18.9 Å². The molecule has 4 nitrogen and oxygen atoms in total. The third-order valence-electron chi connectivity index (χ3n) is 3.05. The molecule has 0 spiro atoms. The van der Waals surface area contributed by atoms with Gasteiger partial charge in [-0.25, -0.2) is 19.6 Å². The van der Waals surface area contributed by atoms with Crippen LogP contribution in [-0.4, -0.2) is 10.5 Å². The summed E-state index contributed by atoms with van der Waals surface area (Å²) in [5, 5.41) is 2.98. The van der Waals surface area contributed by atoms with Crippen molar-refractivity contribution in [3.05, 3.63) is 17.7 Å². The van der Waals surface area contributed by atoms with Crippen molar-refractivity contribution in [3.8, 4) is 0 Å². The van der Waals surface area contributed by atoms with Crippen molar-refractivity contribution in [1.82, 2.24) is 4.98 Å². The number of nitrogens with one attached hydrogen (secondary N) is 2. The molecule has 0 unspecified atom stereocenters. The molecule has 0 saturated heterocycles. The highest BCUT2D eigenvalue weighted by Gasteiger charge is 2.22. The summed E-state index contributed by atoms with van der Waals surface area (Å²) in [4.78, 5) is 3.77. The largest absolute Gasteiger partial charge is 0.362 e. The summed E-state index contributed by atoms with van der Waals surface area (Å²) in [6.45, 7) is 5.92. The summed E-state index contributed by atoms with van der Waals surface area (Å²) in [5.74, 6) is 3.38. The molecule has 1 heterocycles. The Balaban J connectivity index is 3.06. The van der Waals surface area contributed by atoms with Crippen LogP contribution in [0.2, 0.25) is 0 Å². The molecular weight excluding hydrogens is 226 g/mol. The van der Waals surface area contributed by atoms with Crippen molar-refractivity contribution in [2.45, 2.75) is 39.2 Å². The maximum Gasteiger partial charge on any atom is 0.178 e. The molecule has 0 aliphatic carbocycles. The van der Waals surface area contributed by atoms with Gasteiger partial charge in [-0.2, -0.15) is 0 Å². The van der Waals surface area contributed by atoms with Gasteiger partial charge in [0.15, 0.2) is 23.3 Å². The van der Waals surface area contributed by atoms with Gasteiger partial charge in [-0.1, -0.05) is 13.8 Å². The third-order valence-corrected chi connectivity index (χ3v) is 3.05. The second-order valence-corrected chi connectivity index (χ2v) is 4.19. The smallest absolute Gasteiger partial charge is 0.178 e. The molecule has 1 rings (SSSR count). The topological polar surface area (TPSA) is 63.0 Å². The van der Waals surface area contributed by atoms with E-state index in [9.17, 15) is 8.78 Å². The van der Waals surface area contributed by atoms with E-state index in [1.165, 1.54) is 0 Å². The van der Waals surface area contributed by atoms with Crippen molar-refractivity contribution >= 4 is 11.6 Å². The highest BCUT2D eigenvalue weighted by molar-refractivity contribution is 5.48. The zero-order chi connectivity index (χ0) is 13.1. The van der Waals surface area contributed by atoms with Crippen LogP contribution in [0.4, 0.5) is 20.4 Å². The Morgan fingerprint density at radius 3 is 2.24 bits per heavy atom. The number of halogens is 2. The monoisotopic (exact) mass is 244 g/mol. The maximum atomic E-state index is 13.5. The fourth-order valence-corrected chi connectivity index (χ4v) is 1.37. The van der Waals surface area contributed by atoms with Gasteiger partial charge in [0.05, 0.1) is 0 Å². The predicted molar refractivity (Wildman–Crippen MR) is 64.6 cm³/mol. The fraction of sp³-hybridized carbons (Fsp3) is 0.545. The SMILES string of the molecule is CCC(C)(CC)Nc1nc(NN)c(F)cc1F. The molecule has 4 N–H and O–H groups in total. The van der Waals surface area contributed by atoms with Gasteiger partial charge in [-0.05, 0) is 19.8 Å². The number of hydrogen-bond acceptors (Lipinski definition) is 4. The number of hydrogen-bond donors (Lipinski definition) is 3. The molecule has 0 radical (unpaired) electrons. The molecule has 0 saturated carbocycles. The molecule has 0 aromatic carbocycles. The number of hydrazine groups is 1. The number of rotatable bonds is 5. The van der Waals surface area contributed by atoms with Crippen LogP contribution in [0.25, 0.3) is 0 Å². The lowest BCUT2D eigenvalue weighted by atomic mass is 9.95. The number of nitrogen functional groups attached to an aromatic ring is 1. The summed E-state index contributed by atoms with van der Waals surface area (Å²) < 4.78 is 26.7. The average molecular weight is 244 g/mol. The van der Waals surface area contributed by atoms with Crippen LogP contribution in [0.5, 0.6) is 0 Å². The van der Waals surface area contributed by atoms with E-state index in [0.29, 0.717) is 0 Å². The maximum absolute atomic E-state index is 13.5. The highest BCUT2D eigenvalue weighted by Crippen LogP contribution is 2.24. The molecule has 96 valence electrons. The van der Waals surface area contributed by atoms with Crippen molar-refractivity contribution in [2.75, 3.05) is 10.7 Å². The van der Waals surface area contributed by atoms with Crippen LogP contribution in [0.1, 0.15) is 33.6 Å². The van der Waals surface area contributed by atoms with Gasteiger partial charge in [0.25, 0.3) is 0 Å². The molecule has 0 aliphatic heterocycles. The van der Waals surface area contributed by atoms with E-state index >= 15 is 0 Å². The van der Waals surface area contributed by atoms with Gasteiger partial charge in [0.1, 0.15) is 0 Å². The second-order valence-electron chi connectivity index (χ2n) is 4.19. The lowest BCUT2D eigenvalue weighted by molar-refractivity contribution is 0.470. The first-order valence-electron chi connectivity index (χ1n) is 5.56. The molecule has 0 atom stereocenters. The lowest BCUT2D eigenvalue weighted by Gasteiger charge is -2.29. The van der Waals surface area contributed by atoms with Gasteiger partial charge in [0, 0.05) is 11.6 Å². The summed E-state index contributed by atoms with van der Waals surface area (Å²) in [5.41, 5.74) is 1.81. The number of nitrogens with zero attached hydrogens (tertiary/aromatic N) is 1. The Morgan fingerprint density at radius 1 is 1.24 bits per heavy atom. The van der Waals surface area contributed by atoms with Crippen LogP contribution < -0.4 is 16.6 Å². The molecular formula is C11H18F2N4. The minimum atomic E-state index is -0.815. The minimum Gasteiger partial charge on any atom is -0.362 e. The summed E-state index contributed by atoms with van der Waals surface area (Å²) in [7, 11) is 0. The third kappa shape index (κ3) is 3.03. The Kier molecular flexibility index (Phi) is 4.22. The zero-order valence-electron chi connectivity index (χ0n) is 10.3. The first-order valence-corrected chi connectivity index (χ1v) is 5.56. The van der Waals surface area contributed by atoms with E-state index in [-0.39, 0.29) is 17.2 Å². The quantitative estimate of drug-likeness (QED) is 0.550. The molecule has 0 bridgehead atoms. The summed E-state index contributed by atoms with van der Waals surface area (Å²) in [6.07, 6.45) is 1.60. The van der Waals surface area contributed by atoms with Crippen LogP contribution in [0, 0.1) is 11.6 Å². The molecule has 0 aliphatic rings. The van der Waals surface area contributed by atoms with Crippen LogP contribution >= 0.6 is 0 Å². The van der Waals surface area contributed by atoms with E-state index in [4.69, 9.17) is 5.84 Å². The number of nitrogens with two attached hydrogens (primary N) is 1. The molecule has 0 amide bonds. The van der Waals surface area contributed by atoms with Crippen LogP contribution in [0.3, 0.4) is 0 Å². The van der Waals surface area contributed by atoms with Gasteiger partial charge in [-0.3, -0.25) is 0 Å². The van der Waals surface area contributed by atoms with Gasteiger partial charge in [-0.15, -0.1) is 0 Å². The van der Waals surface area contributed by atoms with E-state index in [1.807, 2.05) is 20.8 Å². The van der Waals surface area contributed by atoms with E-state index < -0.39 is 11.6 Å². The first-order chi connectivity index (χ1) is 7.95. The first kappa shape index (κ1) is 13.6. The number of aromatic nitrogens is 1.